The molecular weight excluding hydrogens is 320 g/mol. The quantitative estimate of drug-likeness (QED) is 0.769. The molecule has 0 aliphatic rings. The van der Waals surface area contributed by atoms with Crippen LogP contribution in [0, 0.1) is 0 Å². The molecule has 2 aromatic rings. The lowest BCUT2D eigenvalue weighted by Gasteiger charge is -2.11. The predicted octanol–water partition coefficient (Wildman–Crippen LogP) is 2.61. The first kappa shape index (κ1) is 18.5. The van der Waals surface area contributed by atoms with E-state index in [2.05, 4.69) is 10.4 Å². The van der Waals surface area contributed by atoms with Crippen LogP contribution in [-0.2, 0) is 13.0 Å². The van der Waals surface area contributed by atoms with Crippen LogP contribution in [0.25, 0.3) is 0 Å². The summed E-state index contributed by atoms with van der Waals surface area (Å²) in [6.07, 6.45) is 1.47. The maximum Gasteiger partial charge on any atom is 0.269 e. The Balaban J connectivity index is 2.43. The van der Waals surface area contributed by atoms with Gasteiger partial charge in [0.15, 0.2) is 0 Å². The molecule has 2 rings (SSSR count). The highest BCUT2D eigenvalue weighted by Crippen LogP contribution is 2.25. The number of hydrogen-bond acceptors (Lipinski definition) is 4. The van der Waals surface area contributed by atoms with Crippen molar-refractivity contribution in [2.45, 2.75) is 40.2 Å². The Bertz CT molecular complexity index is 768. The Morgan fingerprint density at radius 3 is 2.56 bits per heavy atom. The Hall–Kier alpha value is -2.83. The van der Waals surface area contributed by atoms with Crippen molar-refractivity contribution >= 4 is 17.5 Å². The zero-order chi connectivity index (χ0) is 18.4. The van der Waals surface area contributed by atoms with E-state index in [1.165, 1.54) is 4.68 Å². The van der Waals surface area contributed by atoms with Crippen molar-refractivity contribution in [2.24, 2.45) is 5.73 Å². The highest BCUT2D eigenvalue weighted by Gasteiger charge is 2.24. The number of nitrogens with one attached hydrogen (secondary N) is 1. The number of aromatic nitrogens is 2. The number of nitrogens with two attached hydrogens (primary N) is 1. The van der Waals surface area contributed by atoms with Gasteiger partial charge in [-0.05, 0) is 32.4 Å². The Kier molecular flexibility index (Phi) is 6.16. The van der Waals surface area contributed by atoms with Crippen LogP contribution in [0.4, 0.5) is 5.69 Å². The largest absolute Gasteiger partial charge is 0.493 e. The average molecular weight is 344 g/mol. The summed E-state index contributed by atoms with van der Waals surface area (Å²) < 4.78 is 7.03. The van der Waals surface area contributed by atoms with E-state index in [1.54, 1.807) is 24.3 Å². The van der Waals surface area contributed by atoms with Crippen molar-refractivity contribution in [3.63, 3.8) is 0 Å². The molecule has 134 valence electrons. The Morgan fingerprint density at radius 1 is 1.24 bits per heavy atom. The molecule has 2 amide bonds. The van der Waals surface area contributed by atoms with Crippen LogP contribution in [0.15, 0.2) is 24.3 Å². The molecule has 0 bridgehead atoms. The fraction of sp³-hybridized carbons (Fsp3) is 0.389. The monoisotopic (exact) mass is 344 g/mol. The topological polar surface area (TPSA) is 99.2 Å². The second-order valence-corrected chi connectivity index (χ2v) is 5.48. The van der Waals surface area contributed by atoms with Gasteiger partial charge in [0.25, 0.3) is 11.8 Å². The molecule has 1 aromatic heterocycles. The van der Waals surface area contributed by atoms with E-state index in [-0.39, 0.29) is 11.6 Å². The summed E-state index contributed by atoms with van der Waals surface area (Å²) >= 11 is 0. The van der Waals surface area contributed by atoms with E-state index < -0.39 is 5.91 Å². The van der Waals surface area contributed by atoms with E-state index in [1.807, 2.05) is 20.8 Å². The third-order valence-corrected chi connectivity index (χ3v) is 3.71. The first-order valence-corrected chi connectivity index (χ1v) is 8.46. The van der Waals surface area contributed by atoms with Crippen LogP contribution in [-0.4, -0.2) is 28.2 Å². The van der Waals surface area contributed by atoms with Gasteiger partial charge in [0, 0.05) is 6.54 Å². The summed E-state index contributed by atoms with van der Waals surface area (Å²) in [4.78, 5) is 24.7. The average Bonchev–Trinajstić information content (AvgIpc) is 2.93. The molecule has 1 aromatic carbocycles. The Morgan fingerprint density at radius 2 is 1.96 bits per heavy atom. The van der Waals surface area contributed by atoms with Crippen molar-refractivity contribution in [1.82, 2.24) is 9.78 Å². The van der Waals surface area contributed by atoms with Gasteiger partial charge in [-0.3, -0.25) is 14.3 Å². The van der Waals surface area contributed by atoms with Crippen molar-refractivity contribution in [1.29, 1.82) is 0 Å². The molecule has 0 unspecified atom stereocenters. The van der Waals surface area contributed by atoms with Crippen LogP contribution in [0.1, 0.15) is 53.7 Å². The number of nitrogens with zero attached hydrogens (tertiary/aromatic N) is 2. The molecule has 0 fully saturated rings. The molecule has 0 saturated heterocycles. The number of para-hydroxylation sites is 1. The van der Waals surface area contributed by atoms with Gasteiger partial charge in [-0.1, -0.05) is 25.5 Å². The fourth-order valence-corrected chi connectivity index (χ4v) is 2.65. The SMILES string of the molecule is CCCc1nn(CC)c(C(N)=O)c1NC(=O)c1ccccc1OCC. The minimum atomic E-state index is -0.620. The lowest BCUT2D eigenvalue weighted by molar-refractivity contribution is 0.0991. The molecule has 3 N–H and O–H groups in total. The van der Waals surface area contributed by atoms with Crippen molar-refractivity contribution in [3.8, 4) is 5.75 Å². The number of benzene rings is 1. The second-order valence-electron chi connectivity index (χ2n) is 5.48. The summed E-state index contributed by atoms with van der Waals surface area (Å²) in [5.41, 5.74) is 7.16. The lowest BCUT2D eigenvalue weighted by Crippen LogP contribution is -2.21. The van der Waals surface area contributed by atoms with Crippen LogP contribution in [0.3, 0.4) is 0 Å². The highest BCUT2D eigenvalue weighted by molar-refractivity contribution is 6.09. The Labute approximate surface area is 147 Å². The molecule has 1 heterocycles. The maximum atomic E-state index is 12.8. The number of carbonyl (C=O) groups is 2. The minimum Gasteiger partial charge on any atom is -0.493 e. The van der Waals surface area contributed by atoms with Gasteiger partial charge in [0.1, 0.15) is 11.4 Å². The van der Waals surface area contributed by atoms with E-state index >= 15 is 0 Å². The van der Waals surface area contributed by atoms with E-state index in [0.717, 1.165) is 6.42 Å². The third kappa shape index (κ3) is 3.99. The first-order valence-electron chi connectivity index (χ1n) is 8.46. The summed E-state index contributed by atoms with van der Waals surface area (Å²) in [7, 11) is 0. The number of aryl methyl sites for hydroxylation is 2. The first-order chi connectivity index (χ1) is 12.0. The molecule has 0 spiro atoms. The van der Waals surface area contributed by atoms with Gasteiger partial charge in [0.2, 0.25) is 0 Å². The molecule has 0 atom stereocenters. The van der Waals surface area contributed by atoms with Crippen molar-refractivity contribution in [3.05, 3.63) is 41.2 Å². The zero-order valence-electron chi connectivity index (χ0n) is 14.8. The van der Waals surface area contributed by atoms with E-state index in [0.29, 0.717) is 42.3 Å². The fourth-order valence-electron chi connectivity index (χ4n) is 2.65. The van der Waals surface area contributed by atoms with Crippen LogP contribution < -0.4 is 15.8 Å². The maximum absolute atomic E-state index is 12.8. The highest BCUT2D eigenvalue weighted by atomic mass is 16.5. The van der Waals surface area contributed by atoms with Crippen molar-refractivity contribution in [2.75, 3.05) is 11.9 Å². The summed E-state index contributed by atoms with van der Waals surface area (Å²) in [5, 5.41) is 7.23. The number of amides is 2. The number of carbonyl (C=O) groups excluding carboxylic acids is 2. The van der Waals surface area contributed by atoms with E-state index in [9.17, 15) is 9.59 Å². The second kappa shape index (κ2) is 8.32. The molecule has 7 heteroatoms. The smallest absolute Gasteiger partial charge is 0.269 e. The summed E-state index contributed by atoms with van der Waals surface area (Å²) in [6.45, 7) is 6.66. The number of rotatable bonds is 8. The number of ether oxygens (including phenoxy) is 1. The van der Waals surface area contributed by atoms with Gasteiger partial charge >= 0.3 is 0 Å². The zero-order valence-corrected chi connectivity index (χ0v) is 14.8. The van der Waals surface area contributed by atoms with Crippen LogP contribution in [0.2, 0.25) is 0 Å². The molecule has 0 radical (unpaired) electrons. The lowest BCUT2D eigenvalue weighted by atomic mass is 10.1. The van der Waals surface area contributed by atoms with Crippen LogP contribution in [0.5, 0.6) is 5.75 Å². The minimum absolute atomic E-state index is 0.216. The number of hydrogen-bond donors (Lipinski definition) is 2. The van der Waals surface area contributed by atoms with Crippen LogP contribution >= 0.6 is 0 Å². The molecule has 7 nitrogen and oxygen atoms in total. The van der Waals surface area contributed by atoms with Gasteiger partial charge in [-0.25, -0.2) is 0 Å². The van der Waals surface area contributed by atoms with Gasteiger partial charge in [-0.2, -0.15) is 5.10 Å². The molecular formula is C18H24N4O3. The van der Waals surface area contributed by atoms with Gasteiger partial charge in [0.05, 0.1) is 23.6 Å². The summed E-state index contributed by atoms with van der Waals surface area (Å²) in [5.74, 6) is -0.493. The van der Waals surface area contributed by atoms with Gasteiger partial charge in [-0.15, -0.1) is 0 Å². The number of primary amides is 1. The predicted molar refractivity (Wildman–Crippen MR) is 96.0 cm³/mol. The molecule has 0 saturated carbocycles. The van der Waals surface area contributed by atoms with Crippen molar-refractivity contribution < 1.29 is 14.3 Å². The molecule has 25 heavy (non-hydrogen) atoms. The standard InChI is InChI=1S/C18H24N4O3/c1-4-9-13-15(16(17(19)23)22(5-2)21-13)20-18(24)12-10-7-8-11-14(12)25-6-3/h7-8,10-11H,4-6,9H2,1-3H3,(H2,19,23)(H,20,24). The third-order valence-electron chi connectivity index (χ3n) is 3.71. The number of anilines is 1. The van der Waals surface area contributed by atoms with Gasteiger partial charge < -0.3 is 15.8 Å². The summed E-state index contributed by atoms with van der Waals surface area (Å²) in [6, 6.07) is 6.97. The van der Waals surface area contributed by atoms with E-state index in [4.69, 9.17) is 10.5 Å². The normalized spacial score (nSPS) is 10.5. The molecule has 0 aliphatic heterocycles. The molecule has 0 aliphatic carbocycles.